The summed E-state index contributed by atoms with van der Waals surface area (Å²) in [6, 6.07) is 37.8. The van der Waals surface area contributed by atoms with Crippen molar-refractivity contribution < 1.29 is 0 Å². The Hall–Kier alpha value is -4.62. The second kappa shape index (κ2) is 9.21. The molecule has 0 bridgehead atoms. The summed E-state index contributed by atoms with van der Waals surface area (Å²) in [5.41, 5.74) is 11.9. The molecule has 5 aromatic rings. The number of nitrogens with one attached hydrogen (secondary N) is 1. The molecule has 1 atom stereocenters. The number of rotatable bonds is 3. The molecule has 1 heterocycles. The Bertz CT molecular complexity index is 2040. The smallest absolute Gasteiger partial charge is 0.0719 e. The van der Waals surface area contributed by atoms with Gasteiger partial charge in [0.05, 0.1) is 6.04 Å². The molecular weight excluding hydrogens is 494 g/mol. The lowest BCUT2D eigenvalue weighted by molar-refractivity contribution is 0.657. The van der Waals surface area contributed by atoms with Crippen molar-refractivity contribution in [2.45, 2.75) is 38.1 Å². The molecule has 1 N–H and O–H groups in total. The third kappa shape index (κ3) is 3.84. The second-order valence-electron chi connectivity index (χ2n) is 12.1. The van der Waals surface area contributed by atoms with Crippen molar-refractivity contribution in [1.29, 1.82) is 0 Å². The molecule has 1 nitrogen and oxygen atoms in total. The maximum absolute atomic E-state index is 4.01. The first kappa shape index (κ1) is 24.2. The van der Waals surface area contributed by atoms with E-state index in [-0.39, 0.29) is 11.5 Å². The maximum Gasteiger partial charge on any atom is 0.0719 e. The van der Waals surface area contributed by atoms with Gasteiger partial charge in [-0.3, -0.25) is 0 Å². The number of hydrogen-bond donors (Lipinski definition) is 1. The van der Waals surface area contributed by atoms with Crippen LogP contribution in [0.2, 0.25) is 0 Å². The Balaban J connectivity index is 1.40. The van der Waals surface area contributed by atoms with Crippen LogP contribution in [0.3, 0.4) is 0 Å². The predicted molar refractivity (Wildman–Crippen MR) is 174 cm³/mol. The fourth-order valence-corrected chi connectivity index (χ4v) is 7.22. The molecule has 41 heavy (non-hydrogen) atoms. The zero-order chi connectivity index (χ0) is 27.6. The zero-order valence-electron chi connectivity index (χ0n) is 23.6. The van der Waals surface area contributed by atoms with Gasteiger partial charge in [-0.2, -0.15) is 0 Å². The molecule has 0 fully saturated rings. The van der Waals surface area contributed by atoms with Crippen molar-refractivity contribution >= 4 is 34.2 Å². The Kier molecular flexibility index (Phi) is 5.44. The molecule has 0 amide bonds. The van der Waals surface area contributed by atoms with Crippen LogP contribution >= 0.6 is 0 Å². The molecule has 0 saturated heterocycles. The van der Waals surface area contributed by atoms with Crippen LogP contribution in [-0.2, 0) is 5.41 Å². The Morgan fingerprint density at radius 3 is 2.32 bits per heavy atom. The molecule has 5 aromatic carbocycles. The van der Waals surface area contributed by atoms with Crippen molar-refractivity contribution in [3.63, 3.8) is 0 Å². The third-order valence-electron chi connectivity index (χ3n) is 9.30. The van der Waals surface area contributed by atoms with E-state index in [0.29, 0.717) is 0 Å². The van der Waals surface area contributed by atoms with Crippen molar-refractivity contribution in [3.05, 3.63) is 154 Å². The van der Waals surface area contributed by atoms with Gasteiger partial charge in [0.2, 0.25) is 0 Å². The van der Waals surface area contributed by atoms with Crippen LogP contribution in [0.1, 0.15) is 60.5 Å². The summed E-state index contributed by atoms with van der Waals surface area (Å²) in [4.78, 5) is 0. The highest BCUT2D eigenvalue weighted by molar-refractivity contribution is 5.92. The minimum Gasteiger partial charge on any atom is -0.374 e. The van der Waals surface area contributed by atoms with Crippen molar-refractivity contribution in [2.75, 3.05) is 0 Å². The van der Waals surface area contributed by atoms with Crippen LogP contribution in [0.15, 0.2) is 115 Å². The SMILES string of the molecule is CC1(C)c2ccccc2-c2c1cc1c(c2C2C=C(c3ccc4ccccc4c3)C=C(c3ccccc3)N2)=CCCC=1. The summed E-state index contributed by atoms with van der Waals surface area (Å²) in [7, 11) is 0. The average molecular weight is 528 g/mol. The molecule has 3 aliphatic rings. The molecule has 0 aromatic heterocycles. The van der Waals surface area contributed by atoms with Crippen LogP contribution in [0.4, 0.5) is 0 Å². The summed E-state index contributed by atoms with van der Waals surface area (Å²) in [6.07, 6.45) is 11.9. The van der Waals surface area contributed by atoms with E-state index in [9.17, 15) is 0 Å². The minimum atomic E-state index is -0.0430. The van der Waals surface area contributed by atoms with Gasteiger partial charge in [0, 0.05) is 11.1 Å². The second-order valence-corrected chi connectivity index (χ2v) is 12.1. The number of allylic oxidation sites excluding steroid dienone is 2. The number of dihydropyridines is 1. The number of hydrogen-bond acceptors (Lipinski definition) is 1. The van der Waals surface area contributed by atoms with E-state index in [4.69, 9.17) is 0 Å². The van der Waals surface area contributed by atoms with Crippen LogP contribution < -0.4 is 15.8 Å². The lowest BCUT2D eigenvalue weighted by atomic mass is 9.80. The zero-order valence-corrected chi connectivity index (χ0v) is 23.6. The molecule has 0 spiro atoms. The monoisotopic (exact) mass is 527 g/mol. The van der Waals surface area contributed by atoms with Crippen LogP contribution in [0, 0.1) is 0 Å². The maximum atomic E-state index is 4.01. The van der Waals surface area contributed by atoms with Gasteiger partial charge >= 0.3 is 0 Å². The van der Waals surface area contributed by atoms with Gasteiger partial charge in [0.15, 0.2) is 0 Å². The molecule has 1 aliphatic heterocycles. The first-order valence-corrected chi connectivity index (χ1v) is 14.8. The minimum absolute atomic E-state index is 0.0325. The van der Waals surface area contributed by atoms with E-state index in [0.717, 1.165) is 18.5 Å². The summed E-state index contributed by atoms with van der Waals surface area (Å²) in [5.74, 6) is 0. The molecular formula is C40H33N. The fourth-order valence-electron chi connectivity index (χ4n) is 7.22. The van der Waals surface area contributed by atoms with Gasteiger partial charge < -0.3 is 5.32 Å². The van der Waals surface area contributed by atoms with Gasteiger partial charge in [0.25, 0.3) is 0 Å². The molecule has 8 rings (SSSR count). The quantitative estimate of drug-likeness (QED) is 0.249. The van der Waals surface area contributed by atoms with Gasteiger partial charge in [-0.15, -0.1) is 0 Å². The molecule has 0 saturated carbocycles. The standard InChI is InChI=1S/C40H33N/c1-40(2)34-19-11-10-18-33(34)38-35(40)23-30-16-8-9-17-32(30)39(38)37-25-31(24-36(41-37)27-13-4-3-5-14-27)29-21-20-26-12-6-7-15-28(26)22-29/h3-7,10-25,37,41H,8-9H2,1-2H3. The van der Waals surface area contributed by atoms with E-state index in [1.807, 2.05) is 0 Å². The van der Waals surface area contributed by atoms with Crippen LogP contribution in [0.25, 0.3) is 45.3 Å². The molecule has 2 aliphatic carbocycles. The highest BCUT2D eigenvalue weighted by Gasteiger charge is 2.38. The van der Waals surface area contributed by atoms with Crippen LogP contribution in [-0.4, -0.2) is 0 Å². The summed E-state index contributed by atoms with van der Waals surface area (Å²) in [6.45, 7) is 4.78. The largest absolute Gasteiger partial charge is 0.374 e. The molecule has 1 unspecified atom stereocenters. The molecule has 198 valence electrons. The molecule has 0 radical (unpaired) electrons. The van der Waals surface area contributed by atoms with Crippen molar-refractivity contribution in [3.8, 4) is 11.1 Å². The Morgan fingerprint density at radius 2 is 1.44 bits per heavy atom. The average Bonchev–Trinajstić information content (AvgIpc) is 3.26. The lowest BCUT2D eigenvalue weighted by Crippen LogP contribution is -2.37. The number of fused-ring (bicyclic) bond motifs is 5. The van der Waals surface area contributed by atoms with Crippen molar-refractivity contribution in [2.24, 2.45) is 0 Å². The summed E-state index contributed by atoms with van der Waals surface area (Å²) in [5, 5.41) is 9.33. The highest BCUT2D eigenvalue weighted by atomic mass is 14.9. The van der Waals surface area contributed by atoms with E-state index in [1.165, 1.54) is 65.7 Å². The summed E-state index contributed by atoms with van der Waals surface area (Å²) >= 11 is 0. The van der Waals surface area contributed by atoms with Gasteiger partial charge in [-0.25, -0.2) is 0 Å². The van der Waals surface area contributed by atoms with Gasteiger partial charge in [0.1, 0.15) is 0 Å². The Morgan fingerprint density at radius 1 is 0.683 bits per heavy atom. The van der Waals surface area contributed by atoms with E-state index >= 15 is 0 Å². The number of benzene rings is 5. The van der Waals surface area contributed by atoms with Crippen molar-refractivity contribution in [1.82, 2.24) is 5.32 Å². The van der Waals surface area contributed by atoms with Gasteiger partial charge in [-0.05, 0) is 103 Å². The lowest BCUT2D eigenvalue weighted by Gasteiger charge is -2.29. The Labute approximate surface area is 241 Å². The predicted octanol–water partition coefficient (Wildman–Crippen LogP) is 8.27. The first-order chi connectivity index (χ1) is 20.1. The highest BCUT2D eigenvalue weighted by Crippen LogP contribution is 2.50. The van der Waals surface area contributed by atoms with Crippen LogP contribution in [0.5, 0.6) is 0 Å². The van der Waals surface area contributed by atoms with E-state index in [1.54, 1.807) is 0 Å². The van der Waals surface area contributed by atoms with Gasteiger partial charge in [-0.1, -0.05) is 117 Å². The van der Waals surface area contributed by atoms with E-state index < -0.39 is 0 Å². The fraction of sp³-hybridized carbons (Fsp3) is 0.150. The van der Waals surface area contributed by atoms with E-state index in [2.05, 4.69) is 147 Å². The third-order valence-corrected chi connectivity index (χ3v) is 9.30. The topological polar surface area (TPSA) is 12.0 Å². The first-order valence-electron chi connectivity index (χ1n) is 14.8. The molecule has 1 heteroatoms. The normalized spacial score (nSPS) is 18.1. The summed E-state index contributed by atoms with van der Waals surface area (Å²) < 4.78 is 0.